The molecule has 4 rings (SSSR count). The van der Waals surface area contributed by atoms with E-state index in [4.69, 9.17) is 16.7 Å². The first-order valence-corrected chi connectivity index (χ1v) is 14.5. The SMILES string of the molecule is O=S(=O)(Oc1ccccc1)Oc1ccc(S(=O)(=O)c2ccc(OS(=O)(=O)Oc3ccccc3)cc2)cc1. The smallest absolute Gasteiger partial charge is 0.353 e. The fraction of sp³-hybridized carbons (Fsp3) is 0. The van der Waals surface area contributed by atoms with Crippen molar-refractivity contribution < 1.29 is 42.0 Å². The molecule has 0 amide bonds. The van der Waals surface area contributed by atoms with Crippen molar-refractivity contribution in [2.45, 2.75) is 9.79 Å². The van der Waals surface area contributed by atoms with Crippen molar-refractivity contribution in [3.8, 4) is 23.0 Å². The molecule has 0 aliphatic carbocycles. The van der Waals surface area contributed by atoms with Gasteiger partial charge in [-0.2, -0.15) is 0 Å². The molecule has 13 heteroatoms. The summed E-state index contributed by atoms with van der Waals surface area (Å²) in [6, 6.07) is 24.7. The van der Waals surface area contributed by atoms with E-state index >= 15 is 0 Å². The van der Waals surface area contributed by atoms with E-state index in [9.17, 15) is 25.3 Å². The average molecular weight is 563 g/mol. The number of sulfone groups is 1. The molecule has 4 aromatic carbocycles. The number of hydrogen-bond acceptors (Lipinski definition) is 10. The van der Waals surface area contributed by atoms with E-state index in [1.54, 1.807) is 36.4 Å². The van der Waals surface area contributed by atoms with Gasteiger partial charge in [0.25, 0.3) is 0 Å². The lowest BCUT2D eigenvalue weighted by atomic mass is 10.3. The van der Waals surface area contributed by atoms with Crippen molar-refractivity contribution in [2.24, 2.45) is 0 Å². The van der Waals surface area contributed by atoms with Gasteiger partial charge in [0.1, 0.15) is 23.0 Å². The predicted octanol–water partition coefficient (Wildman–Crippen LogP) is 3.92. The first kappa shape index (κ1) is 26.0. The van der Waals surface area contributed by atoms with Crippen LogP contribution in [0.4, 0.5) is 0 Å². The molecule has 0 fully saturated rings. The van der Waals surface area contributed by atoms with Crippen molar-refractivity contribution in [1.29, 1.82) is 0 Å². The summed E-state index contributed by atoms with van der Waals surface area (Å²) < 4.78 is 93.5. The zero-order valence-corrected chi connectivity index (χ0v) is 21.1. The van der Waals surface area contributed by atoms with Crippen LogP contribution in [-0.4, -0.2) is 25.3 Å². The van der Waals surface area contributed by atoms with Gasteiger partial charge in [-0.05, 0) is 72.8 Å². The summed E-state index contributed by atoms with van der Waals surface area (Å²) in [6.07, 6.45) is 0. The van der Waals surface area contributed by atoms with Crippen molar-refractivity contribution in [1.82, 2.24) is 0 Å². The summed E-state index contributed by atoms with van der Waals surface area (Å²) in [5, 5.41) is 0. The Hall–Kier alpha value is -4.07. The molecule has 0 saturated carbocycles. The quantitative estimate of drug-likeness (QED) is 0.279. The van der Waals surface area contributed by atoms with Crippen LogP contribution < -0.4 is 16.7 Å². The Morgan fingerprint density at radius 3 is 0.919 bits per heavy atom. The molecule has 0 aliphatic rings. The maximum atomic E-state index is 12.9. The highest BCUT2D eigenvalue weighted by Gasteiger charge is 2.21. The Labute approximate surface area is 214 Å². The van der Waals surface area contributed by atoms with Crippen LogP contribution in [0, 0.1) is 0 Å². The van der Waals surface area contributed by atoms with Gasteiger partial charge in [0, 0.05) is 0 Å². The van der Waals surface area contributed by atoms with E-state index in [2.05, 4.69) is 0 Å². The molecule has 192 valence electrons. The molecule has 10 nitrogen and oxygen atoms in total. The molecular weight excluding hydrogens is 544 g/mol. The Balaban J connectivity index is 1.43. The number of benzene rings is 4. The predicted molar refractivity (Wildman–Crippen MR) is 132 cm³/mol. The molecule has 0 N–H and O–H groups in total. The fourth-order valence-electron chi connectivity index (χ4n) is 2.94. The number of para-hydroxylation sites is 2. The zero-order valence-electron chi connectivity index (χ0n) is 18.7. The normalized spacial score (nSPS) is 11.9. The summed E-state index contributed by atoms with van der Waals surface area (Å²) >= 11 is 0. The topological polar surface area (TPSA) is 139 Å². The van der Waals surface area contributed by atoms with Crippen molar-refractivity contribution in [2.75, 3.05) is 0 Å². The summed E-state index contributed by atoms with van der Waals surface area (Å²) in [5.74, 6) is -0.230. The lowest BCUT2D eigenvalue weighted by Gasteiger charge is -2.10. The lowest BCUT2D eigenvalue weighted by molar-refractivity contribution is 0.390. The third-order valence-electron chi connectivity index (χ3n) is 4.55. The molecule has 0 spiro atoms. The molecule has 37 heavy (non-hydrogen) atoms. The molecule has 0 bridgehead atoms. The standard InChI is InChI=1S/C24H18O10S3/c25-35(26,23-15-11-21(12-16-23)33-36(27,28)31-19-7-3-1-4-8-19)24-17-13-22(14-18-24)34-37(29,30)32-20-9-5-2-6-10-20/h1-18H. The Morgan fingerprint density at radius 1 is 0.351 bits per heavy atom. The highest BCUT2D eigenvalue weighted by atomic mass is 32.3. The maximum absolute atomic E-state index is 12.9. The summed E-state index contributed by atoms with van der Waals surface area (Å²) in [7, 11) is -12.9. The number of rotatable bonds is 10. The van der Waals surface area contributed by atoms with Crippen LogP contribution in [0.2, 0.25) is 0 Å². The molecular formula is C24H18O10S3. The fourth-order valence-corrected chi connectivity index (χ4v) is 5.66. The van der Waals surface area contributed by atoms with Crippen LogP contribution >= 0.6 is 0 Å². The molecule has 0 saturated heterocycles. The van der Waals surface area contributed by atoms with E-state index in [-0.39, 0.29) is 32.8 Å². The van der Waals surface area contributed by atoms with Crippen LogP contribution in [-0.2, 0) is 30.6 Å². The minimum atomic E-state index is -4.45. The van der Waals surface area contributed by atoms with Gasteiger partial charge in [0.05, 0.1) is 9.79 Å². The molecule has 0 aliphatic heterocycles. The van der Waals surface area contributed by atoms with Gasteiger partial charge >= 0.3 is 20.8 Å². The maximum Gasteiger partial charge on any atom is 0.500 e. The molecule has 0 unspecified atom stereocenters. The van der Waals surface area contributed by atoms with Crippen molar-refractivity contribution in [3.05, 3.63) is 109 Å². The molecule has 0 aromatic heterocycles. The summed E-state index contributed by atoms with van der Waals surface area (Å²) in [6.45, 7) is 0. The van der Waals surface area contributed by atoms with E-state index in [0.717, 1.165) is 48.5 Å². The highest BCUT2D eigenvalue weighted by molar-refractivity contribution is 7.91. The highest BCUT2D eigenvalue weighted by Crippen LogP contribution is 2.26. The van der Waals surface area contributed by atoms with E-state index in [1.165, 1.54) is 24.3 Å². The van der Waals surface area contributed by atoms with E-state index < -0.39 is 30.6 Å². The van der Waals surface area contributed by atoms with Gasteiger partial charge < -0.3 is 16.7 Å². The van der Waals surface area contributed by atoms with Gasteiger partial charge in [0.15, 0.2) is 0 Å². The Kier molecular flexibility index (Phi) is 7.38. The minimum absolute atomic E-state index is 0.0496. The second-order valence-electron chi connectivity index (χ2n) is 7.22. The minimum Gasteiger partial charge on any atom is -0.353 e. The van der Waals surface area contributed by atoms with E-state index in [0.29, 0.717) is 0 Å². The van der Waals surface area contributed by atoms with E-state index in [1.807, 2.05) is 0 Å². The summed E-state index contributed by atoms with van der Waals surface area (Å²) in [4.78, 5) is -0.315. The largest absolute Gasteiger partial charge is 0.500 e. The molecule has 4 aromatic rings. The van der Waals surface area contributed by atoms with Crippen LogP contribution in [0.3, 0.4) is 0 Å². The third-order valence-corrected chi connectivity index (χ3v) is 7.92. The summed E-state index contributed by atoms with van der Waals surface area (Å²) in [5.41, 5.74) is 0. The Bertz CT molecular complexity index is 1550. The van der Waals surface area contributed by atoms with Crippen LogP contribution in [0.15, 0.2) is 119 Å². The van der Waals surface area contributed by atoms with Gasteiger partial charge in [0.2, 0.25) is 9.84 Å². The van der Waals surface area contributed by atoms with Gasteiger partial charge in [-0.1, -0.05) is 36.4 Å². The third kappa shape index (κ3) is 7.00. The molecule has 0 atom stereocenters. The van der Waals surface area contributed by atoms with Gasteiger partial charge in [-0.15, -0.1) is 16.8 Å². The molecule has 0 radical (unpaired) electrons. The van der Waals surface area contributed by atoms with Crippen molar-refractivity contribution in [3.63, 3.8) is 0 Å². The second-order valence-corrected chi connectivity index (χ2v) is 11.5. The van der Waals surface area contributed by atoms with Crippen LogP contribution in [0.1, 0.15) is 0 Å². The first-order chi connectivity index (χ1) is 17.5. The van der Waals surface area contributed by atoms with Crippen molar-refractivity contribution >= 4 is 30.6 Å². The Morgan fingerprint density at radius 2 is 0.622 bits per heavy atom. The second kappa shape index (κ2) is 10.5. The van der Waals surface area contributed by atoms with Crippen LogP contribution in [0.25, 0.3) is 0 Å². The van der Waals surface area contributed by atoms with Gasteiger partial charge in [-0.25, -0.2) is 8.42 Å². The number of hydrogen-bond donors (Lipinski definition) is 0. The average Bonchev–Trinajstić information content (AvgIpc) is 2.85. The monoisotopic (exact) mass is 562 g/mol. The van der Waals surface area contributed by atoms with Crippen LogP contribution in [0.5, 0.6) is 23.0 Å². The lowest BCUT2D eigenvalue weighted by Crippen LogP contribution is -2.16. The van der Waals surface area contributed by atoms with Gasteiger partial charge in [-0.3, -0.25) is 0 Å². The zero-order chi connectivity index (χ0) is 26.5. The first-order valence-electron chi connectivity index (χ1n) is 10.4. The molecule has 0 heterocycles.